The second kappa shape index (κ2) is 9.50. The molecule has 10 nitrogen and oxygen atoms in total. The summed E-state index contributed by atoms with van der Waals surface area (Å²) in [6.07, 6.45) is 3.02. The fraction of sp³-hybridized carbons (Fsp3) is 0.250. The minimum absolute atomic E-state index is 0.0533. The van der Waals surface area contributed by atoms with Crippen molar-refractivity contribution in [1.82, 2.24) is 0 Å². The Balaban J connectivity index is 2.63. The first-order valence-electron chi connectivity index (χ1n) is 8.89. The number of anilines is 1. The smallest absolute Gasteiger partial charge is 0.285 e. The van der Waals surface area contributed by atoms with Crippen LogP contribution in [0.25, 0.3) is 12.2 Å². The third-order valence-electron chi connectivity index (χ3n) is 4.29. The van der Waals surface area contributed by atoms with E-state index < -0.39 is 27.1 Å². The monoisotopic (exact) mass is 415 g/mol. The molecule has 0 aliphatic heterocycles. The van der Waals surface area contributed by atoms with Crippen LogP contribution in [-0.4, -0.2) is 36.5 Å². The summed E-state index contributed by atoms with van der Waals surface area (Å²) in [6.45, 7) is 3.56. The summed E-state index contributed by atoms with van der Waals surface area (Å²) >= 11 is 0. The second-order valence-electron chi connectivity index (χ2n) is 6.17. The molecular formula is C20H21N3O7. The van der Waals surface area contributed by atoms with Crippen molar-refractivity contribution in [2.75, 3.05) is 25.7 Å². The third kappa shape index (κ3) is 4.90. The highest BCUT2D eigenvalue weighted by molar-refractivity contribution is 5.96. The van der Waals surface area contributed by atoms with Crippen LogP contribution >= 0.6 is 0 Å². The van der Waals surface area contributed by atoms with Gasteiger partial charge in [-0.05, 0) is 30.7 Å². The Morgan fingerprint density at radius 3 is 2.33 bits per heavy atom. The van der Waals surface area contributed by atoms with Crippen LogP contribution < -0.4 is 14.4 Å². The van der Waals surface area contributed by atoms with Crippen LogP contribution in [0, 0.1) is 20.2 Å². The Morgan fingerprint density at radius 1 is 1.10 bits per heavy atom. The number of benzene rings is 2. The molecule has 0 atom stereocenters. The van der Waals surface area contributed by atoms with Gasteiger partial charge in [0.15, 0.2) is 11.5 Å². The highest BCUT2D eigenvalue weighted by Gasteiger charge is 2.25. The number of nitro benzene ring substituents is 2. The average Bonchev–Trinajstić information content (AvgIpc) is 2.71. The molecule has 2 aromatic carbocycles. The standard InChI is InChI=1S/C20H21N3O7/c1-5-30-19-9-7-14(10-20(19)29-4)6-8-16-17(21(3)13(2)24)11-15(22(25)26)12-18(16)23(27)28/h6-12H,5H2,1-4H3/b8-6+. The molecule has 0 saturated carbocycles. The summed E-state index contributed by atoms with van der Waals surface area (Å²) in [7, 11) is 2.88. The van der Waals surface area contributed by atoms with E-state index in [2.05, 4.69) is 0 Å². The largest absolute Gasteiger partial charge is 0.493 e. The van der Waals surface area contributed by atoms with Crippen molar-refractivity contribution in [2.45, 2.75) is 13.8 Å². The number of non-ortho nitro benzene ring substituents is 1. The zero-order valence-electron chi connectivity index (χ0n) is 16.9. The van der Waals surface area contributed by atoms with Crippen molar-refractivity contribution in [2.24, 2.45) is 0 Å². The molecule has 0 heterocycles. The summed E-state index contributed by atoms with van der Waals surface area (Å²) in [5, 5.41) is 22.8. The molecule has 0 aliphatic carbocycles. The van der Waals surface area contributed by atoms with Crippen LogP contribution in [0.3, 0.4) is 0 Å². The molecule has 0 radical (unpaired) electrons. The maximum absolute atomic E-state index is 11.8. The van der Waals surface area contributed by atoms with E-state index in [4.69, 9.17) is 9.47 Å². The molecule has 30 heavy (non-hydrogen) atoms. The van der Waals surface area contributed by atoms with Crippen LogP contribution in [0.4, 0.5) is 17.1 Å². The highest BCUT2D eigenvalue weighted by atomic mass is 16.6. The van der Waals surface area contributed by atoms with E-state index in [0.29, 0.717) is 23.7 Å². The summed E-state index contributed by atoms with van der Waals surface area (Å²) in [5.74, 6) is 0.607. The van der Waals surface area contributed by atoms with Crippen LogP contribution in [0.15, 0.2) is 30.3 Å². The molecule has 0 aromatic heterocycles. The fourth-order valence-electron chi connectivity index (χ4n) is 2.73. The normalized spacial score (nSPS) is 10.7. The Labute approximate surface area is 172 Å². The number of nitrogens with zero attached hydrogens (tertiary/aromatic N) is 3. The lowest BCUT2D eigenvalue weighted by Gasteiger charge is -2.17. The van der Waals surface area contributed by atoms with Crippen LogP contribution in [0.1, 0.15) is 25.0 Å². The van der Waals surface area contributed by atoms with Gasteiger partial charge in [0.25, 0.3) is 11.4 Å². The molecule has 0 bridgehead atoms. The highest BCUT2D eigenvalue weighted by Crippen LogP contribution is 2.36. The number of amides is 1. The molecular weight excluding hydrogens is 394 g/mol. The van der Waals surface area contributed by atoms with Gasteiger partial charge < -0.3 is 14.4 Å². The number of hydrogen-bond donors (Lipinski definition) is 0. The maximum Gasteiger partial charge on any atom is 0.285 e. The van der Waals surface area contributed by atoms with Crippen molar-refractivity contribution in [3.63, 3.8) is 0 Å². The van der Waals surface area contributed by atoms with Gasteiger partial charge in [-0.1, -0.05) is 12.1 Å². The van der Waals surface area contributed by atoms with Crippen LogP contribution in [-0.2, 0) is 4.79 Å². The zero-order chi connectivity index (χ0) is 22.4. The van der Waals surface area contributed by atoms with Gasteiger partial charge in [-0.15, -0.1) is 0 Å². The molecule has 158 valence electrons. The Kier molecular flexibility index (Phi) is 7.08. The van der Waals surface area contributed by atoms with E-state index in [0.717, 1.165) is 17.0 Å². The lowest BCUT2D eigenvalue weighted by Crippen LogP contribution is -2.24. The first-order chi connectivity index (χ1) is 14.2. The predicted octanol–water partition coefficient (Wildman–Crippen LogP) is 4.06. The molecule has 0 aliphatic rings. The molecule has 0 saturated heterocycles. The molecule has 0 fully saturated rings. The van der Waals surface area contributed by atoms with Crippen LogP contribution in [0.2, 0.25) is 0 Å². The molecule has 0 spiro atoms. The molecule has 0 unspecified atom stereocenters. The minimum atomic E-state index is -0.741. The fourth-order valence-corrected chi connectivity index (χ4v) is 2.73. The van der Waals surface area contributed by atoms with Gasteiger partial charge in [0.1, 0.15) is 0 Å². The minimum Gasteiger partial charge on any atom is -0.493 e. The van der Waals surface area contributed by atoms with E-state index in [-0.39, 0.29) is 11.3 Å². The van der Waals surface area contributed by atoms with Crippen molar-refractivity contribution in [3.05, 3.63) is 61.7 Å². The van der Waals surface area contributed by atoms with Gasteiger partial charge in [0.2, 0.25) is 5.91 Å². The Morgan fingerprint density at radius 2 is 1.80 bits per heavy atom. The topological polar surface area (TPSA) is 125 Å². The molecule has 2 aromatic rings. The van der Waals surface area contributed by atoms with E-state index in [1.807, 2.05) is 6.92 Å². The van der Waals surface area contributed by atoms with Crippen LogP contribution in [0.5, 0.6) is 11.5 Å². The van der Waals surface area contributed by atoms with Gasteiger partial charge in [-0.25, -0.2) is 0 Å². The lowest BCUT2D eigenvalue weighted by molar-refractivity contribution is -0.394. The third-order valence-corrected chi connectivity index (χ3v) is 4.29. The first kappa shape index (κ1) is 22.3. The number of carbonyl (C=O) groups is 1. The van der Waals surface area contributed by atoms with Gasteiger partial charge >= 0.3 is 0 Å². The Bertz CT molecular complexity index is 1020. The predicted molar refractivity (Wildman–Crippen MR) is 112 cm³/mol. The van der Waals surface area contributed by atoms with Gasteiger partial charge in [-0.2, -0.15) is 0 Å². The SMILES string of the molecule is CCOc1ccc(/C=C/c2c(N(C)C(C)=O)cc([N+](=O)[O-])cc2[N+](=O)[O-])cc1OC. The summed E-state index contributed by atoms with van der Waals surface area (Å²) in [6, 6.07) is 7.13. The summed E-state index contributed by atoms with van der Waals surface area (Å²) < 4.78 is 10.8. The molecule has 10 heteroatoms. The average molecular weight is 415 g/mol. The zero-order valence-corrected chi connectivity index (χ0v) is 16.9. The number of carbonyl (C=O) groups excluding carboxylic acids is 1. The number of nitro groups is 2. The number of methoxy groups -OCH3 is 1. The lowest BCUT2D eigenvalue weighted by atomic mass is 10.1. The first-order valence-corrected chi connectivity index (χ1v) is 8.89. The molecule has 2 rings (SSSR count). The summed E-state index contributed by atoms with van der Waals surface area (Å²) in [4.78, 5) is 34.3. The van der Waals surface area contributed by atoms with Gasteiger partial charge in [0, 0.05) is 20.0 Å². The van der Waals surface area contributed by atoms with E-state index >= 15 is 0 Å². The quantitative estimate of drug-likeness (QED) is 0.361. The van der Waals surface area contributed by atoms with Crippen molar-refractivity contribution in [3.8, 4) is 11.5 Å². The number of hydrogen-bond acceptors (Lipinski definition) is 7. The van der Waals surface area contributed by atoms with Crippen molar-refractivity contribution < 1.29 is 24.1 Å². The van der Waals surface area contributed by atoms with E-state index in [1.54, 1.807) is 24.3 Å². The maximum atomic E-state index is 11.8. The van der Waals surface area contributed by atoms with Crippen molar-refractivity contribution in [1.29, 1.82) is 0 Å². The van der Waals surface area contributed by atoms with E-state index in [9.17, 15) is 25.0 Å². The van der Waals surface area contributed by atoms with Crippen molar-refractivity contribution >= 4 is 35.1 Å². The van der Waals surface area contributed by atoms with Gasteiger partial charge in [0.05, 0.1) is 40.9 Å². The van der Waals surface area contributed by atoms with E-state index in [1.165, 1.54) is 27.2 Å². The Hall–Kier alpha value is -3.95. The number of rotatable bonds is 8. The van der Waals surface area contributed by atoms with Gasteiger partial charge in [-0.3, -0.25) is 25.0 Å². The summed E-state index contributed by atoms with van der Waals surface area (Å²) in [5.41, 5.74) is -0.195. The second-order valence-corrected chi connectivity index (χ2v) is 6.17. The molecule has 1 amide bonds. The molecule has 0 N–H and O–H groups in total. The number of ether oxygens (including phenoxy) is 2.